The molecule has 1 atom stereocenters. The summed E-state index contributed by atoms with van der Waals surface area (Å²) in [6.07, 6.45) is 2.36. The van der Waals surface area contributed by atoms with Gasteiger partial charge in [0, 0.05) is 25.7 Å². The van der Waals surface area contributed by atoms with E-state index in [4.69, 9.17) is 5.11 Å². The molecule has 0 radical (unpaired) electrons. The fraction of sp³-hybridized carbons (Fsp3) is 0.600. The molecule has 1 aromatic rings. The molecule has 1 aliphatic heterocycles. The lowest BCUT2D eigenvalue weighted by Gasteiger charge is -2.23. The van der Waals surface area contributed by atoms with E-state index in [1.165, 1.54) is 18.5 Å². The largest absolute Gasteiger partial charge is 0.395 e. The van der Waals surface area contributed by atoms with Crippen LogP contribution in [0.4, 0.5) is 0 Å². The SMILES string of the molecule is CN(CCO)C1CCN(CCc2ccccc2)C1. The molecule has 1 fully saturated rings. The summed E-state index contributed by atoms with van der Waals surface area (Å²) in [5.74, 6) is 0. The summed E-state index contributed by atoms with van der Waals surface area (Å²) in [5, 5.41) is 8.96. The highest BCUT2D eigenvalue weighted by atomic mass is 16.3. The standard InChI is InChI=1S/C15H24N2O/c1-16(11-12-18)15-8-10-17(13-15)9-7-14-5-3-2-4-6-14/h2-6,15,18H,7-13H2,1H3. The van der Waals surface area contributed by atoms with Crippen molar-refractivity contribution in [2.24, 2.45) is 0 Å². The monoisotopic (exact) mass is 248 g/mol. The van der Waals surface area contributed by atoms with Crippen molar-refractivity contribution in [1.82, 2.24) is 9.80 Å². The zero-order chi connectivity index (χ0) is 12.8. The predicted octanol–water partition coefficient (Wildman–Crippen LogP) is 1.23. The van der Waals surface area contributed by atoms with Crippen LogP contribution in [0.5, 0.6) is 0 Å². The minimum Gasteiger partial charge on any atom is -0.395 e. The lowest BCUT2D eigenvalue weighted by atomic mass is 10.1. The van der Waals surface area contributed by atoms with Crippen molar-refractivity contribution < 1.29 is 5.11 Å². The Kier molecular flexibility index (Phi) is 5.17. The molecule has 0 amide bonds. The van der Waals surface area contributed by atoms with Gasteiger partial charge in [-0.15, -0.1) is 0 Å². The molecule has 1 saturated heterocycles. The molecule has 1 aromatic carbocycles. The van der Waals surface area contributed by atoms with Gasteiger partial charge in [-0.05, 0) is 32.0 Å². The molecule has 1 N–H and O–H groups in total. The molecule has 2 rings (SSSR count). The van der Waals surface area contributed by atoms with E-state index in [9.17, 15) is 0 Å². The van der Waals surface area contributed by atoms with Crippen molar-refractivity contribution in [3.05, 3.63) is 35.9 Å². The number of aliphatic hydroxyl groups is 1. The maximum atomic E-state index is 8.96. The number of hydrogen-bond acceptors (Lipinski definition) is 3. The number of likely N-dealkylation sites (N-methyl/N-ethyl adjacent to an activating group) is 1. The van der Waals surface area contributed by atoms with Gasteiger partial charge in [0.05, 0.1) is 6.61 Å². The average Bonchev–Trinajstić information content (AvgIpc) is 2.87. The zero-order valence-corrected chi connectivity index (χ0v) is 11.3. The Balaban J connectivity index is 1.73. The topological polar surface area (TPSA) is 26.7 Å². The molecule has 0 aromatic heterocycles. The van der Waals surface area contributed by atoms with E-state index in [1.54, 1.807) is 0 Å². The second-order valence-corrected chi connectivity index (χ2v) is 5.18. The van der Waals surface area contributed by atoms with E-state index < -0.39 is 0 Å². The number of aliphatic hydroxyl groups excluding tert-OH is 1. The summed E-state index contributed by atoms with van der Waals surface area (Å²) in [4.78, 5) is 4.81. The van der Waals surface area contributed by atoms with Crippen molar-refractivity contribution in [2.45, 2.75) is 18.9 Å². The molecule has 18 heavy (non-hydrogen) atoms. The Morgan fingerprint density at radius 1 is 1.33 bits per heavy atom. The second-order valence-electron chi connectivity index (χ2n) is 5.18. The third-order valence-corrected chi connectivity index (χ3v) is 3.88. The fourth-order valence-electron chi connectivity index (χ4n) is 2.65. The van der Waals surface area contributed by atoms with Crippen molar-refractivity contribution in [1.29, 1.82) is 0 Å². The van der Waals surface area contributed by atoms with Crippen LogP contribution >= 0.6 is 0 Å². The summed E-state index contributed by atoms with van der Waals surface area (Å²) < 4.78 is 0. The van der Waals surface area contributed by atoms with Gasteiger partial charge in [0.1, 0.15) is 0 Å². The van der Waals surface area contributed by atoms with E-state index in [-0.39, 0.29) is 6.61 Å². The molecular formula is C15H24N2O. The molecule has 100 valence electrons. The van der Waals surface area contributed by atoms with E-state index in [0.717, 1.165) is 26.1 Å². The number of benzene rings is 1. The number of likely N-dealkylation sites (tertiary alicyclic amines) is 1. The lowest BCUT2D eigenvalue weighted by molar-refractivity contribution is 0.178. The smallest absolute Gasteiger partial charge is 0.0558 e. The second kappa shape index (κ2) is 6.88. The highest BCUT2D eigenvalue weighted by molar-refractivity contribution is 5.14. The highest BCUT2D eigenvalue weighted by Gasteiger charge is 2.24. The van der Waals surface area contributed by atoms with E-state index >= 15 is 0 Å². The normalized spacial score (nSPS) is 20.7. The van der Waals surface area contributed by atoms with Crippen LogP contribution < -0.4 is 0 Å². The first-order valence-electron chi connectivity index (χ1n) is 6.87. The van der Waals surface area contributed by atoms with Crippen molar-refractivity contribution in [3.8, 4) is 0 Å². The zero-order valence-electron chi connectivity index (χ0n) is 11.3. The Morgan fingerprint density at radius 2 is 2.11 bits per heavy atom. The quantitative estimate of drug-likeness (QED) is 0.820. The first kappa shape index (κ1) is 13.5. The van der Waals surface area contributed by atoms with Crippen LogP contribution in [-0.4, -0.2) is 60.8 Å². The Bertz CT molecular complexity index is 342. The van der Waals surface area contributed by atoms with Gasteiger partial charge in [-0.25, -0.2) is 0 Å². The third-order valence-electron chi connectivity index (χ3n) is 3.88. The van der Waals surface area contributed by atoms with Crippen LogP contribution in [0.15, 0.2) is 30.3 Å². The number of hydrogen-bond donors (Lipinski definition) is 1. The maximum absolute atomic E-state index is 8.96. The molecular weight excluding hydrogens is 224 g/mol. The van der Waals surface area contributed by atoms with Crippen molar-refractivity contribution in [2.75, 3.05) is 39.8 Å². The Hall–Kier alpha value is -0.900. The van der Waals surface area contributed by atoms with Gasteiger partial charge >= 0.3 is 0 Å². The van der Waals surface area contributed by atoms with Gasteiger partial charge in [-0.3, -0.25) is 4.90 Å². The van der Waals surface area contributed by atoms with Crippen LogP contribution in [0, 0.1) is 0 Å². The van der Waals surface area contributed by atoms with Crippen LogP contribution in [0.25, 0.3) is 0 Å². The molecule has 0 aliphatic carbocycles. The van der Waals surface area contributed by atoms with Crippen molar-refractivity contribution >= 4 is 0 Å². The van der Waals surface area contributed by atoms with Crippen molar-refractivity contribution in [3.63, 3.8) is 0 Å². The molecule has 0 spiro atoms. The van der Waals surface area contributed by atoms with Gasteiger partial charge < -0.3 is 10.0 Å². The van der Waals surface area contributed by atoms with E-state index in [1.807, 2.05) is 0 Å². The Morgan fingerprint density at radius 3 is 2.83 bits per heavy atom. The minimum absolute atomic E-state index is 0.261. The molecule has 1 heterocycles. The van der Waals surface area contributed by atoms with Crippen LogP contribution in [-0.2, 0) is 6.42 Å². The summed E-state index contributed by atoms with van der Waals surface area (Å²) in [5.41, 5.74) is 1.42. The van der Waals surface area contributed by atoms with Crippen LogP contribution in [0.3, 0.4) is 0 Å². The van der Waals surface area contributed by atoms with Gasteiger partial charge in [0.2, 0.25) is 0 Å². The molecule has 1 aliphatic rings. The lowest BCUT2D eigenvalue weighted by Crippen LogP contribution is -2.36. The number of nitrogens with zero attached hydrogens (tertiary/aromatic N) is 2. The molecule has 0 saturated carbocycles. The first-order valence-corrected chi connectivity index (χ1v) is 6.87. The third kappa shape index (κ3) is 3.80. The molecule has 3 heteroatoms. The molecule has 1 unspecified atom stereocenters. The van der Waals surface area contributed by atoms with Crippen LogP contribution in [0.1, 0.15) is 12.0 Å². The average molecular weight is 248 g/mol. The van der Waals surface area contributed by atoms with E-state index in [2.05, 4.69) is 47.2 Å². The van der Waals surface area contributed by atoms with Gasteiger partial charge in [-0.2, -0.15) is 0 Å². The minimum atomic E-state index is 0.261. The molecule has 0 bridgehead atoms. The Labute approximate surface area is 110 Å². The summed E-state index contributed by atoms with van der Waals surface area (Å²) in [7, 11) is 2.11. The van der Waals surface area contributed by atoms with Gasteiger partial charge in [0.25, 0.3) is 0 Å². The summed E-state index contributed by atoms with van der Waals surface area (Å²) >= 11 is 0. The molecule has 3 nitrogen and oxygen atoms in total. The predicted molar refractivity (Wildman–Crippen MR) is 74.7 cm³/mol. The fourth-order valence-corrected chi connectivity index (χ4v) is 2.65. The summed E-state index contributed by atoms with van der Waals surface area (Å²) in [6.45, 7) is 4.53. The van der Waals surface area contributed by atoms with Gasteiger partial charge in [-0.1, -0.05) is 30.3 Å². The van der Waals surface area contributed by atoms with Crippen LogP contribution in [0.2, 0.25) is 0 Å². The highest BCUT2D eigenvalue weighted by Crippen LogP contribution is 2.14. The van der Waals surface area contributed by atoms with Gasteiger partial charge in [0.15, 0.2) is 0 Å². The number of rotatable bonds is 6. The van der Waals surface area contributed by atoms with E-state index in [0.29, 0.717) is 6.04 Å². The maximum Gasteiger partial charge on any atom is 0.0558 e. The summed E-state index contributed by atoms with van der Waals surface area (Å²) in [6, 6.07) is 11.3. The first-order chi connectivity index (χ1) is 8.79.